The first-order chi connectivity index (χ1) is 10.2. The number of methoxy groups -OCH3 is 1. The van der Waals surface area contributed by atoms with Gasteiger partial charge in [-0.25, -0.2) is 9.38 Å². The summed E-state index contributed by atoms with van der Waals surface area (Å²) in [4.78, 5) is 4.41. The molecular formula is C15H25FIN3O2. The molecule has 0 radical (unpaired) electrons. The van der Waals surface area contributed by atoms with Crippen LogP contribution in [0.4, 0.5) is 4.39 Å². The molecular weight excluding hydrogens is 400 g/mol. The molecule has 7 heteroatoms. The Labute approximate surface area is 148 Å². The van der Waals surface area contributed by atoms with Crippen molar-refractivity contribution in [2.75, 3.05) is 33.4 Å². The van der Waals surface area contributed by atoms with Crippen LogP contribution < -0.4 is 15.4 Å². The molecule has 0 heterocycles. The van der Waals surface area contributed by atoms with E-state index in [2.05, 4.69) is 15.6 Å². The second-order valence-electron chi connectivity index (χ2n) is 4.29. The van der Waals surface area contributed by atoms with Gasteiger partial charge in [-0.2, -0.15) is 0 Å². The van der Waals surface area contributed by atoms with Gasteiger partial charge in [-0.05, 0) is 31.5 Å². The van der Waals surface area contributed by atoms with Gasteiger partial charge in [0.1, 0.15) is 0 Å². The van der Waals surface area contributed by atoms with Crippen molar-refractivity contribution in [1.82, 2.24) is 10.6 Å². The number of hydrogen-bond acceptors (Lipinski definition) is 3. The summed E-state index contributed by atoms with van der Waals surface area (Å²) in [6, 6.07) is 4.84. The third kappa shape index (κ3) is 7.79. The Kier molecular flexibility index (Phi) is 11.8. The summed E-state index contributed by atoms with van der Waals surface area (Å²) in [5.74, 6) is 0.553. The van der Waals surface area contributed by atoms with E-state index >= 15 is 0 Å². The topological polar surface area (TPSA) is 54.9 Å². The largest absolute Gasteiger partial charge is 0.494 e. The first kappa shape index (κ1) is 20.9. The van der Waals surface area contributed by atoms with Crippen LogP contribution in [0, 0.1) is 5.82 Å². The van der Waals surface area contributed by atoms with Crippen LogP contribution in [0.3, 0.4) is 0 Å². The number of nitrogens with one attached hydrogen (secondary N) is 2. The Morgan fingerprint density at radius 2 is 2.05 bits per heavy atom. The maximum atomic E-state index is 13.6. The minimum atomic E-state index is -0.375. The molecule has 0 aromatic heterocycles. The van der Waals surface area contributed by atoms with E-state index in [0.29, 0.717) is 32.3 Å². The SMILES string of the molecule is CCNC(=NCc1ccc(OC)c(F)c1)NCCOCC.I. The predicted octanol–water partition coefficient (Wildman–Crippen LogP) is 2.54. The number of aliphatic imine (C=N–C) groups is 1. The minimum Gasteiger partial charge on any atom is -0.494 e. The molecule has 0 aliphatic heterocycles. The van der Waals surface area contributed by atoms with Gasteiger partial charge in [-0.15, -0.1) is 24.0 Å². The summed E-state index contributed by atoms with van der Waals surface area (Å²) >= 11 is 0. The summed E-state index contributed by atoms with van der Waals surface area (Å²) in [6.07, 6.45) is 0. The fraction of sp³-hybridized carbons (Fsp3) is 0.533. The quantitative estimate of drug-likeness (QED) is 0.291. The number of rotatable bonds is 8. The molecule has 22 heavy (non-hydrogen) atoms. The van der Waals surface area contributed by atoms with Crippen LogP contribution >= 0.6 is 24.0 Å². The molecule has 0 fully saturated rings. The molecule has 0 unspecified atom stereocenters. The van der Waals surface area contributed by atoms with Crippen molar-refractivity contribution in [1.29, 1.82) is 0 Å². The third-order valence-electron chi connectivity index (χ3n) is 2.72. The zero-order chi connectivity index (χ0) is 15.5. The Morgan fingerprint density at radius 3 is 2.64 bits per heavy atom. The smallest absolute Gasteiger partial charge is 0.191 e. The number of guanidine groups is 1. The molecule has 0 saturated heterocycles. The summed E-state index contributed by atoms with van der Waals surface area (Å²) in [5.41, 5.74) is 0.787. The van der Waals surface area contributed by atoms with Crippen LogP contribution in [0.15, 0.2) is 23.2 Å². The van der Waals surface area contributed by atoms with Crippen molar-refractivity contribution in [3.8, 4) is 5.75 Å². The molecule has 0 bridgehead atoms. The molecule has 0 amide bonds. The highest BCUT2D eigenvalue weighted by molar-refractivity contribution is 14.0. The van der Waals surface area contributed by atoms with Gasteiger partial charge in [-0.1, -0.05) is 6.07 Å². The predicted molar refractivity (Wildman–Crippen MR) is 97.7 cm³/mol. The van der Waals surface area contributed by atoms with Crippen LogP contribution in [-0.4, -0.2) is 39.4 Å². The van der Waals surface area contributed by atoms with E-state index in [1.165, 1.54) is 13.2 Å². The lowest BCUT2D eigenvalue weighted by Gasteiger charge is -2.11. The van der Waals surface area contributed by atoms with Crippen LogP contribution in [0.2, 0.25) is 0 Å². The van der Waals surface area contributed by atoms with E-state index in [1.54, 1.807) is 12.1 Å². The molecule has 126 valence electrons. The lowest BCUT2D eigenvalue weighted by atomic mass is 10.2. The van der Waals surface area contributed by atoms with Crippen molar-refractivity contribution in [2.24, 2.45) is 4.99 Å². The standard InChI is InChI=1S/C15H24FN3O2.HI/c1-4-17-15(18-8-9-21-5-2)19-11-12-6-7-14(20-3)13(16)10-12;/h6-7,10H,4-5,8-9,11H2,1-3H3,(H2,17,18,19);1H. The van der Waals surface area contributed by atoms with Gasteiger partial charge < -0.3 is 20.1 Å². The highest BCUT2D eigenvalue weighted by atomic mass is 127. The van der Waals surface area contributed by atoms with Crippen LogP contribution in [0.5, 0.6) is 5.75 Å². The van der Waals surface area contributed by atoms with E-state index in [-0.39, 0.29) is 35.5 Å². The fourth-order valence-electron chi connectivity index (χ4n) is 1.71. The maximum absolute atomic E-state index is 13.6. The van der Waals surface area contributed by atoms with Crippen LogP contribution in [0.25, 0.3) is 0 Å². The highest BCUT2D eigenvalue weighted by Crippen LogP contribution is 2.17. The van der Waals surface area contributed by atoms with E-state index in [1.807, 2.05) is 13.8 Å². The monoisotopic (exact) mass is 425 g/mol. The molecule has 0 atom stereocenters. The number of benzene rings is 1. The molecule has 0 saturated carbocycles. The van der Waals surface area contributed by atoms with Gasteiger partial charge in [0.05, 0.1) is 20.3 Å². The van der Waals surface area contributed by atoms with Gasteiger partial charge in [-0.3, -0.25) is 0 Å². The second-order valence-corrected chi connectivity index (χ2v) is 4.29. The Morgan fingerprint density at radius 1 is 1.27 bits per heavy atom. The van der Waals surface area contributed by atoms with Crippen molar-refractivity contribution >= 4 is 29.9 Å². The first-order valence-electron chi connectivity index (χ1n) is 7.13. The zero-order valence-electron chi connectivity index (χ0n) is 13.3. The number of nitrogens with zero attached hydrogens (tertiary/aromatic N) is 1. The molecule has 2 N–H and O–H groups in total. The Hall–Kier alpha value is -1.09. The minimum absolute atomic E-state index is 0. The van der Waals surface area contributed by atoms with E-state index in [9.17, 15) is 4.39 Å². The zero-order valence-corrected chi connectivity index (χ0v) is 15.6. The van der Waals surface area contributed by atoms with E-state index in [4.69, 9.17) is 9.47 Å². The van der Waals surface area contributed by atoms with Crippen LogP contribution in [0.1, 0.15) is 19.4 Å². The van der Waals surface area contributed by atoms with Gasteiger partial charge in [0.15, 0.2) is 17.5 Å². The molecule has 1 aromatic carbocycles. The molecule has 0 aliphatic rings. The fourth-order valence-corrected chi connectivity index (χ4v) is 1.71. The average molecular weight is 425 g/mol. The van der Waals surface area contributed by atoms with Gasteiger partial charge >= 0.3 is 0 Å². The molecule has 0 aliphatic carbocycles. The van der Waals surface area contributed by atoms with E-state index < -0.39 is 0 Å². The molecule has 1 rings (SSSR count). The highest BCUT2D eigenvalue weighted by Gasteiger charge is 2.03. The Balaban J connectivity index is 0.00000441. The van der Waals surface area contributed by atoms with E-state index in [0.717, 1.165) is 12.1 Å². The van der Waals surface area contributed by atoms with Crippen molar-refractivity contribution in [3.05, 3.63) is 29.6 Å². The van der Waals surface area contributed by atoms with Gasteiger partial charge in [0.25, 0.3) is 0 Å². The second kappa shape index (κ2) is 12.5. The Bertz CT molecular complexity index is 458. The lowest BCUT2D eigenvalue weighted by molar-refractivity contribution is 0.152. The molecule has 0 spiro atoms. The van der Waals surface area contributed by atoms with Gasteiger partial charge in [0, 0.05) is 19.7 Å². The summed E-state index contributed by atoms with van der Waals surface area (Å²) in [6.45, 7) is 7.10. The molecule has 5 nitrogen and oxygen atoms in total. The van der Waals surface area contributed by atoms with Crippen molar-refractivity contribution in [2.45, 2.75) is 20.4 Å². The van der Waals surface area contributed by atoms with Crippen LogP contribution in [-0.2, 0) is 11.3 Å². The van der Waals surface area contributed by atoms with Crippen molar-refractivity contribution < 1.29 is 13.9 Å². The number of ether oxygens (including phenoxy) is 2. The summed E-state index contributed by atoms with van der Waals surface area (Å²) in [7, 11) is 1.45. The first-order valence-corrected chi connectivity index (χ1v) is 7.13. The summed E-state index contributed by atoms with van der Waals surface area (Å²) < 4.78 is 23.7. The van der Waals surface area contributed by atoms with Gasteiger partial charge in [0.2, 0.25) is 0 Å². The molecule has 1 aromatic rings. The lowest BCUT2D eigenvalue weighted by Crippen LogP contribution is -2.39. The maximum Gasteiger partial charge on any atom is 0.191 e. The normalized spacial score (nSPS) is 10.8. The summed E-state index contributed by atoms with van der Waals surface area (Å²) in [5, 5.41) is 6.29. The number of hydrogen-bond donors (Lipinski definition) is 2. The number of halogens is 2. The third-order valence-corrected chi connectivity index (χ3v) is 2.72. The van der Waals surface area contributed by atoms with Crippen molar-refractivity contribution in [3.63, 3.8) is 0 Å². The average Bonchev–Trinajstić information content (AvgIpc) is 2.49.